The van der Waals surface area contributed by atoms with E-state index >= 15 is 0 Å². The SMILES string of the molecule is CC1(c2ccc(Cl)cc2)C(O)=C(C(=O)NCC(=O)O)C(=O)c2cc(Cl)ccc21. The second kappa shape index (κ2) is 7.30. The number of aliphatic hydroxyl groups is 1. The van der Waals surface area contributed by atoms with Crippen LogP contribution in [-0.4, -0.2) is 34.4 Å². The monoisotopic (exact) mass is 419 g/mol. The number of rotatable bonds is 4. The van der Waals surface area contributed by atoms with Crippen LogP contribution in [0.4, 0.5) is 0 Å². The van der Waals surface area contributed by atoms with Crippen LogP contribution in [-0.2, 0) is 15.0 Å². The molecule has 0 bridgehead atoms. The zero-order valence-electron chi connectivity index (χ0n) is 14.6. The molecule has 8 heteroatoms. The van der Waals surface area contributed by atoms with Gasteiger partial charge in [0.05, 0.1) is 5.41 Å². The van der Waals surface area contributed by atoms with Crippen LogP contribution in [0, 0.1) is 0 Å². The first-order valence-electron chi connectivity index (χ1n) is 8.20. The molecule has 28 heavy (non-hydrogen) atoms. The summed E-state index contributed by atoms with van der Waals surface area (Å²) in [5.74, 6) is -3.46. The van der Waals surface area contributed by atoms with Gasteiger partial charge in [0.15, 0.2) is 0 Å². The average Bonchev–Trinajstić information content (AvgIpc) is 2.65. The molecule has 1 aliphatic rings. The smallest absolute Gasteiger partial charge is 0.322 e. The molecule has 6 nitrogen and oxygen atoms in total. The molecule has 0 saturated carbocycles. The highest BCUT2D eigenvalue weighted by Crippen LogP contribution is 2.45. The summed E-state index contributed by atoms with van der Waals surface area (Å²) < 4.78 is 0. The summed E-state index contributed by atoms with van der Waals surface area (Å²) >= 11 is 12.0. The fourth-order valence-corrected chi connectivity index (χ4v) is 3.59. The molecule has 1 atom stereocenters. The van der Waals surface area contributed by atoms with E-state index in [0.717, 1.165) is 0 Å². The summed E-state index contributed by atoms with van der Waals surface area (Å²) in [4.78, 5) is 36.2. The Morgan fingerprint density at radius 1 is 1.07 bits per heavy atom. The molecule has 0 saturated heterocycles. The number of carboxylic acid groups (broad SMARTS) is 1. The number of ketones is 1. The van der Waals surface area contributed by atoms with Crippen LogP contribution in [0.5, 0.6) is 0 Å². The van der Waals surface area contributed by atoms with Gasteiger partial charge in [0.25, 0.3) is 5.91 Å². The Bertz CT molecular complexity index is 1030. The second-order valence-electron chi connectivity index (χ2n) is 6.45. The summed E-state index contributed by atoms with van der Waals surface area (Å²) in [7, 11) is 0. The quantitative estimate of drug-likeness (QED) is 0.657. The lowest BCUT2D eigenvalue weighted by Crippen LogP contribution is -2.41. The van der Waals surface area contributed by atoms with Crippen LogP contribution >= 0.6 is 23.2 Å². The molecule has 144 valence electrons. The Balaban J connectivity index is 2.25. The molecule has 1 aliphatic carbocycles. The molecular formula is C20H15Cl2NO5. The predicted molar refractivity (Wildman–Crippen MR) is 104 cm³/mol. The van der Waals surface area contributed by atoms with Crippen molar-refractivity contribution < 1.29 is 24.6 Å². The molecule has 3 N–H and O–H groups in total. The lowest BCUT2D eigenvalue weighted by Gasteiger charge is -2.36. The van der Waals surface area contributed by atoms with Gasteiger partial charge in [-0.05, 0) is 42.3 Å². The number of fused-ring (bicyclic) bond motifs is 1. The van der Waals surface area contributed by atoms with Crippen molar-refractivity contribution in [2.45, 2.75) is 12.3 Å². The molecule has 0 radical (unpaired) electrons. The fourth-order valence-electron chi connectivity index (χ4n) is 3.29. The maximum Gasteiger partial charge on any atom is 0.322 e. The molecule has 2 aromatic rings. The first kappa shape index (κ1) is 19.9. The summed E-state index contributed by atoms with van der Waals surface area (Å²) in [5, 5.41) is 22.7. The third-order valence-electron chi connectivity index (χ3n) is 4.75. The minimum absolute atomic E-state index is 0.156. The Kier molecular flexibility index (Phi) is 5.19. The van der Waals surface area contributed by atoms with Crippen molar-refractivity contribution in [2.75, 3.05) is 6.54 Å². The van der Waals surface area contributed by atoms with Gasteiger partial charge in [-0.2, -0.15) is 0 Å². The zero-order valence-corrected chi connectivity index (χ0v) is 16.1. The maximum absolute atomic E-state index is 12.9. The van der Waals surface area contributed by atoms with Gasteiger partial charge >= 0.3 is 5.97 Å². The highest BCUT2D eigenvalue weighted by Gasteiger charge is 2.46. The van der Waals surface area contributed by atoms with Gasteiger partial charge in [-0.15, -0.1) is 0 Å². The van der Waals surface area contributed by atoms with Gasteiger partial charge < -0.3 is 15.5 Å². The number of hydrogen-bond donors (Lipinski definition) is 3. The Morgan fingerprint density at radius 3 is 2.29 bits per heavy atom. The van der Waals surface area contributed by atoms with Crippen molar-refractivity contribution in [3.8, 4) is 0 Å². The van der Waals surface area contributed by atoms with E-state index in [1.54, 1.807) is 43.3 Å². The molecule has 1 unspecified atom stereocenters. The molecule has 0 heterocycles. The number of allylic oxidation sites excluding steroid dienone is 1. The number of carbonyl (C=O) groups excluding carboxylic acids is 2. The third-order valence-corrected chi connectivity index (χ3v) is 5.24. The van der Waals surface area contributed by atoms with Gasteiger partial charge in [-0.1, -0.05) is 41.4 Å². The number of carboxylic acids is 1. The predicted octanol–water partition coefficient (Wildman–Crippen LogP) is 3.51. The maximum atomic E-state index is 12.9. The first-order valence-corrected chi connectivity index (χ1v) is 8.96. The topological polar surface area (TPSA) is 104 Å². The second-order valence-corrected chi connectivity index (χ2v) is 7.32. The largest absolute Gasteiger partial charge is 0.510 e. The molecular weight excluding hydrogens is 405 g/mol. The van der Waals surface area contributed by atoms with Crippen LogP contribution in [0.2, 0.25) is 10.0 Å². The first-order chi connectivity index (χ1) is 13.2. The average molecular weight is 420 g/mol. The van der Waals surface area contributed by atoms with Gasteiger partial charge in [0, 0.05) is 15.6 Å². The minimum Gasteiger partial charge on any atom is -0.510 e. The molecule has 0 fully saturated rings. The van der Waals surface area contributed by atoms with Crippen molar-refractivity contribution >= 4 is 40.9 Å². The molecule has 1 amide bonds. The van der Waals surface area contributed by atoms with E-state index in [9.17, 15) is 19.5 Å². The molecule has 0 spiro atoms. The Morgan fingerprint density at radius 2 is 1.68 bits per heavy atom. The highest BCUT2D eigenvalue weighted by molar-refractivity contribution is 6.33. The number of carbonyl (C=O) groups is 3. The highest BCUT2D eigenvalue weighted by atomic mass is 35.5. The molecule has 3 rings (SSSR count). The van der Waals surface area contributed by atoms with Crippen LogP contribution < -0.4 is 5.32 Å². The van der Waals surface area contributed by atoms with Crippen molar-refractivity contribution in [1.29, 1.82) is 0 Å². The summed E-state index contributed by atoms with van der Waals surface area (Å²) in [5.41, 5.74) is -0.545. The standard InChI is InChI=1S/C20H15Cl2NO5/c1-20(10-2-4-11(21)5-3-10)14-7-6-12(22)8-13(14)17(26)16(18(20)27)19(28)23-9-15(24)25/h2-8,27H,9H2,1H3,(H,23,28)(H,24,25). The third kappa shape index (κ3) is 3.25. The Labute approximate surface area is 170 Å². The number of halogens is 2. The van der Waals surface area contributed by atoms with Crippen molar-refractivity contribution in [2.24, 2.45) is 0 Å². The summed E-state index contributed by atoms with van der Waals surface area (Å²) in [6.07, 6.45) is 0. The van der Waals surface area contributed by atoms with Crippen molar-refractivity contribution in [1.82, 2.24) is 5.32 Å². The lowest BCUT2D eigenvalue weighted by atomic mass is 9.67. The van der Waals surface area contributed by atoms with E-state index in [-0.39, 0.29) is 10.6 Å². The van der Waals surface area contributed by atoms with Crippen LogP contribution in [0.15, 0.2) is 53.8 Å². The van der Waals surface area contributed by atoms with Gasteiger partial charge in [-0.3, -0.25) is 14.4 Å². The van der Waals surface area contributed by atoms with Crippen molar-refractivity contribution in [3.05, 3.63) is 80.5 Å². The normalized spacial score (nSPS) is 18.6. The molecule has 0 aromatic heterocycles. The summed E-state index contributed by atoms with van der Waals surface area (Å²) in [6, 6.07) is 11.2. The molecule has 0 aliphatic heterocycles. The molecule has 2 aromatic carbocycles. The minimum atomic E-state index is -1.28. The van der Waals surface area contributed by atoms with E-state index in [0.29, 0.717) is 16.1 Å². The Hall–Kier alpha value is -2.83. The number of aliphatic carboxylic acids is 1. The zero-order chi connectivity index (χ0) is 20.6. The number of amides is 1. The number of benzene rings is 2. The van der Waals surface area contributed by atoms with Crippen LogP contribution in [0.1, 0.15) is 28.4 Å². The number of nitrogens with one attached hydrogen (secondary N) is 1. The van der Waals surface area contributed by atoms with Gasteiger partial charge in [-0.25, -0.2) is 0 Å². The van der Waals surface area contributed by atoms with Crippen molar-refractivity contribution in [3.63, 3.8) is 0 Å². The van der Waals surface area contributed by atoms with Crippen LogP contribution in [0.3, 0.4) is 0 Å². The van der Waals surface area contributed by atoms with E-state index in [1.165, 1.54) is 6.07 Å². The van der Waals surface area contributed by atoms with E-state index in [4.69, 9.17) is 28.3 Å². The number of hydrogen-bond acceptors (Lipinski definition) is 4. The van der Waals surface area contributed by atoms with Gasteiger partial charge in [0.1, 0.15) is 17.9 Å². The summed E-state index contributed by atoms with van der Waals surface area (Å²) in [6.45, 7) is 0.970. The van der Waals surface area contributed by atoms with Crippen LogP contribution in [0.25, 0.3) is 0 Å². The van der Waals surface area contributed by atoms with E-state index < -0.39 is 41.0 Å². The number of aliphatic hydroxyl groups excluding tert-OH is 1. The fraction of sp³-hybridized carbons (Fsp3) is 0.150. The van der Waals surface area contributed by atoms with E-state index in [1.807, 2.05) is 0 Å². The van der Waals surface area contributed by atoms with Gasteiger partial charge in [0.2, 0.25) is 5.78 Å². The lowest BCUT2D eigenvalue weighted by molar-refractivity contribution is -0.137. The number of Topliss-reactive ketones (excluding diaryl/α,β-unsaturated/α-hetero) is 1. The van der Waals surface area contributed by atoms with E-state index in [2.05, 4.69) is 5.32 Å².